The minimum Gasteiger partial charge on any atom is -0.339 e. The Hall–Kier alpha value is -1.26. The number of nitrogens with two attached hydrogens (primary N) is 1. The fraction of sp³-hybridized carbons (Fsp3) is 0.727. The molecule has 2 N–H and O–H groups in total. The van der Waals surface area contributed by atoms with Gasteiger partial charge >= 0.3 is 6.18 Å². The average molecular weight is 263 g/mol. The predicted molar refractivity (Wildman–Crippen MR) is 60.5 cm³/mol. The standard InChI is InChI=1S/C11H16F3N3O/c1-2-3-9(15)10(18)17-6-4-16(5-7-17)8-11(12,13)14/h1,9H,3-8,15H2. The van der Waals surface area contributed by atoms with Crippen molar-refractivity contribution in [1.82, 2.24) is 9.80 Å². The average Bonchev–Trinajstić information content (AvgIpc) is 2.27. The summed E-state index contributed by atoms with van der Waals surface area (Å²) >= 11 is 0. The maximum Gasteiger partial charge on any atom is 0.401 e. The number of hydrogen-bond acceptors (Lipinski definition) is 3. The third kappa shape index (κ3) is 4.55. The molecule has 0 saturated carbocycles. The Balaban J connectivity index is 2.40. The maximum atomic E-state index is 12.2. The summed E-state index contributed by atoms with van der Waals surface area (Å²) in [7, 11) is 0. The van der Waals surface area contributed by atoms with Gasteiger partial charge in [-0.15, -0.1) is 12.3 Å². The van der Waals surface area contributed by atoms with Crippen molar-refractivity contribution in [3.05, 3.63) is 0 Å². The molecule has 0 aromatic heterocycles. The number of nitrogens with zero attached hydrogens (tertiary/aromatic N) is 2. The van der Waals surface area contributed by atoms with Crippen molar-refractivity contribution in [1.29, 1.82) is 0 Å². The Morgan fingerprint density at radius 2 is 1.89 bits per heavy atom. The van der Waals surface area contributed by atoms with Crippen LogP contribution in [-0.4, -0.2) is 60.6 Å². The molecule has 0 aliphatic carbocycles. The number of rotatable bonds is 3. The molecule has 0 aromatic rings. The fourth-order valence-corrected chi connectivity index (χ4v) is 1.83. The van der Waals surface area contributed by atoms with Gasteiger partial charge in [0.2, 0.25) is 5.91 Å². The van der Waals surface area contributed by atoms with Crippen molar-refractivity contribution in [3.63, 3.8) is 0 Å². The molecule has 1 unspecified atom stereocenters. The number of hydrogen-bond donors (Lipinski definition) is 1. The van der Waals surface area contributed by atoms with Crippen molar-refractivity contribution in [2.45, 2.75) is 18.6 Å². The minimum absolute atomic E-state index is 0.140. The molecule has 1 saturated heterocycles. The molecular weight excluding hydrogens is 247 g/mol. The van der Waals surface area contributed by atoms with Crippen molar-refractivity contribution in [2.75, 3.05) is 32.7 Å². The van der Waals surface area contributed by atoms with E-state index in [1.54, 1.807) is 0 Å². The molecule has 1 aliphatic heterocycles. The second-order valence-corrected chi connectivity index (χ2v) is 4.23. The highest BCUT2D eigenvalue weighted by Gasteiger charge is 2.33. The number of carbonyl (C=O) groups excluding carboxylic acids is 1. The maximum absolute atomic E-state index is 12.2. The Morgan fingerprint density at radius 1 is 1.33 bits per heavy atom. The Kier molecular flexibility index (Phi) is 4.99. The third-order valence-electron chi connectivity index (χ3n) is 2.74. The third-order valence-corrected chi connectivity index (χ3v) is 2.74. The Morgan fingerprint density at radius 3 is 2.33 bits per heavy atom. The van der Waals surface area contributed by atoms with Gasteiger partial charge in [0.25, 0.3) is 0 Å². The zero-order valence-corrected chi connectivity index (χ0v) is 9.91. The summed E-state index contributed by atoms with van der Waals surface area (Å²) in [6.45, 7) is -0.0200. The first-order valence-corrected chi connectivity index (χ1v) is 5.60. The van der Waals surface area contributed by atoms with E-state index in [0.717, 1.165) is 0 Å². The number of amides is 1. The van der Waals surface area contributed by atoms with Gasteiger partial charge in [-0.3, -0.25) is 9.69 Å². The molecule has 0 radical (unpaired) electrons. The summed E-state index contributed by atoms with van der Waals surface area (Å²) in [5.74, 6) is 2.00. The Labute approximate surface area is 104 Å². The van der Waals surface area contributed by atoms with Crippen molar-refractivity contribution >= 4 is 5.91 Å². The number of alkyl halides is 3. The summed E-state index contributed by atoms with van der Waals surface area (Å²) in [5.41, 5.74) is 5.57. The van der Waals surface area contributed by atoms with E-state index in [9.17, 15) is 18.0 Å². The lowest BCUT2D eigenvalue weighted by Crippen LogP contribution is -2.54. The molecule has 0 bridgehead atoms. The molecule has 1 amide bonds. The molecular formula is C11H16F3N3O. The van der Waals surface area contributed by atoms with Gasteiger partial charge in [-0.05, 0) is 0 Å². The topological polar surface area (TPSA) is 49.6 Å². The molecule has 1 rings (SSSR count). The number of halogens is 3. The van der Waals surface area contributed by atoms with E-state index in [4.69, 9.17) is 12.2 Å². The lowest BCUT2D eigenvalue weighted by Gasteiger charge is -2.35. The van der Waals surface area contributed by atoms with E-state index in [1.807, 2.05) is 0 Å². The van der Waals surface area contributed by atoms with E-state index in [2.05, 4.69) is 5.92 Å². The SMILES string of the molecule is C#CCC(N)C(=O)N1CCN(CC(F)(F)F)CC1. The molecule has 18 heavy (non-hydrogen) atoms. The van der Waals surface area contributed by atoms with E-state index in [-0.39, 0.29) is 38.5 Å². The zero-order valence-electron chi connectivity index (χ0n) is 9.91. The second kappa shape index (κ2) is 6.07. The van der Waals surface area contributed by atoms with Gasteiger partial charge in [0, 0.05) is 32.6 Å². The van der Waals surface area contributed by atoms with Crippen molar-refractivity contribution in [2.24, 2.45) is 5.73 Å². The molecule has 102 valence electrons. The quantitative estimate of drug-likeness (QED) is 0.732. The van der Waals surface area contributed by atoms with E-state index in [0.29, 0.717) is 0 Å². The predicted octanol–water partition coefficient (Wildman–Crippen LogP) is 0.0435. The summed E-state index contributed by atoms with van der Waals surface area (Å²) < 4.78 is 36.5. The summed E-state index contributed by atoms with van der Waals surface area (Å²) in [4.78, 5) is 14.5. The first-order chi connectivity index (χ1) is 8.33. The van der Waals surface area contributed by atoms with E-state index in [1.165, 1.54) is 9.80 Å². The van der Waals surface area contributed by atoms with Gasteiger partial charge in [-0.2, -0.15) is 13.2 Å². The summed E-state index contributed by atoms with van der Waals surface area (Å²) in [5, 5.41) is 0. The van der Waals surface area contributed by atoms with E-state index >= 15 is 0 Å². The van der Waals surface area contributed by atoms with Gasteiger partial charge in [-0.1, -0.05) is 0 Å². The van der Waals surface area contributed by atoms with Crippen molar-refractivity contribution in [3.8, 4) is 12.3 Å². The fourth-order valence-electron chi connectivity index (χ4n) is 1.83. The number of piperazine rings is 1. The molecule has 1 atom stereocenters. The van der Waals surface area contributed by atoms with Gasteiger partial charge in [0.1, 0.15) is 0 Å². The monoisotopic (exact) mass is 263 g/mol. The first kappa shape index (κ1) is 14.8. The van der Waals surface area contributed by atoms with Gasteiger partial charge in [-0.25, -0.2) is 0 Å². The zero-order chi connectivity index (χ0) is 13.8. The minimum atomic E-state index is -4.20. The van der Waals surface area contributed by atoms with Crippen LogP contribution in [0.3, 0.4) is 0 Å². The van der Waals surface area contributed by atoms with Crippen LogP contribution in [0.5, 0.6) is 0 Å². The largest absolute Gasteiger partial charge is 0.401 e. The highest BCUT2D eigenvalue weighted by atomic mass is 19.4. The molecule has 1 aliphatic rings. The molecule has 7 heteroatoms. The number of carbonyl (C=O) groups is 1. The van der Waals surface area contributed by atoms with Gasteiger partial charge in [0.05, 0.1) is 12.6 Å². The van der Waals surface area contributed by atoms with Crippen LogP contribution in [-0.2, 0) is 4.79 Å². The highest BCUT2D eigenvalue weighted by Crippen LogP contribution is 2.17. The lowest BCUT2D eigenvalue weighted by atomic mass is 10.2. The second-order valence-electron chi connectivity index (χ2n) is 4.23. The lowest BCUT2D eigenvalue weighted by molar-refractivity contribution is -0.152. The Bertz CT molecular complexity index is 329. The van der Waals surface area contributed by atoms with Crippen LogP contribution in [0.2, 0.25) is 0 Å². The van der Waals surface area contributed by atoms with Crippen LogP contribution >= 0.6 is 0 Å². The van der Waals surface area contributed by atoms with Crippen LogP contribution in [0.4, 0.5) is 13.2 Å². The van der Waals surface area contributed by atoms with Crippen LogP contribution in [0, 0.1) is 12.3 Å². The molecule has 1 heterocycles. The van der Waals surface area contributed by atoms with Crippen molar-refractivity contribution < 1.29 is 18.0 Å². The molecule has 0 spiro atoms. The number of terminal acetylenes is 1. The normalized spacial score (nSPS) is 19.4. The van der Waals surface area contributed by atoms with Crippen LogP contribution < -0.4 is 5.73 Å². The molecule has 1 fully saturated rings. The summed E-state index contributed by atoms with van der Waals surface area (Å²) in [6.07, 6.45) is 0.992. The molecule has 4 nitrogen and oxygen atoms in total. The highest BCUT2D eigenvalue weighted by molar-refractivity contribution is 5.82. The smallest absolute Gasteiger partial charge is 0.339 e. The summed E-state index contributed by atoms with van der Waals surface area (Å²) in [6, 6.07) is -0.760. The van der Waals surface area contributed by atoms with Crippen LogP contribution in [0.1, 0.15) is 6.42 Å². The van der Waals surface area contributed by atoms with Gasteiger partial charge in [0.15, 0.2) is 0 Å². The van der Waals surface area contributed by atoms with Crippen LogP contribution in [0.15, 0.2) is 0 Å². The first-order valence-electron chi connectivity index (χ1n) is 5.60. The van der Waals surface area contributed by atoms with E-state index < -0.39 is 18.8 Å². The molecule has 0 aromatic carbocycles. The van der Waals surface area contributed by atoms with Gasteiger partial charge < -0.3 is 10.6 Å². The van der Waals surface area contributed by atoms with Crippen LogP contribution in [0.25, 0.3) is 0 Å².